The van der Waals surface area contributed by atoms with Gasteiger partial charge < -0.3 is 9.47 Å². The third kappa shape index (κ3) is 7.60. The minimum atomic E-state index is 0.0123. The van der Waals surface area contributed by atoms with E-state index in [0.29, 0.717) is 12.5 Å². The van der Waals surface area contributed by atoms with E-state index < -0.39 is 0 Å². The van der Waals surface area contributed by atoms with E-state index in [2.05, 4.69) is 6.92 Å². The van der Waals surface area contributed by atoms with E-state index in [1.54, 1.807) is 0 Å². The normalized spacial score (nSPS) is 23.7. The molecule has 1 rings (SSSR count). The molecular weight excluding hydrogens is 248 g/mol. The Morgan fingerprint density at radius 3 is 2.11 bits per heavy atom. The highest BCUT2D eigenvalue weighted by atomic mass is 35.5. The van der Waals surface area contributed by atoms with Crippen molar-refractivity contribution in [1.29, 1.82) is 0 Å². The molecule has 1 heterocycles. The number of hydrogen-bond donors (Lipinski definition) is 0. The minimum absolute atomic E-state index is 0.0123. The molecule has 0 spiro atoms. The molecule has 0 aromatic carbocycles. The van der Waals surface area contributed by atoms with Gasteiger partial charge in [0.1, 0.15) is 0 Å². The first kappa shape index (κ1) is 16.3. The molecule has 0 N–H and O–H groups in total. The molecule has 2 nitrogen and oxygen atoms in total. The maximum atomic E-state index is 5.72. The lowest BCUT2D eigenvalue weighted by Crippen LogP contribution is -2.13. The summed E-state index contributed by atoms with van der Waals surface area (Å²) in [6.07, 6.45) is 13.4. The molecule has 0 saturated carbocycles. The summed E-state index contributed by atoms with van der Waals surface area (Å²) in [7, 11) is 0. The zero-order chi connectivity index (χ0) is 13.1. The topological polar surface area (TPSA) is 18.5 Å². The van der Waals surface area contributed by atoms with Gasteiger partial charge in [-0.3, -0.25) is 0 Å². The van der Waals surface area contributed by atoms with Crippen LogP contribution in [0.3, 0.4) is 0 Å². The van der Waals surface area contributed by atoms with Gasteiger partial charge in [-0.15, -0.1) is 11.6 Å². The average molecular weight is 277 g/mol. The van der Waals surface area contributed by atoms with Crippen LogP contribution in [0.25, 0.3) is 0 Å². The quantitative estimate of drug-likeness (QED) is 0.395. The molecule has 0 aromatic rings. The van der Waals surface area contributed by atoms with Crippen LogP contribution in [-0.2, 0) is 9.47 Å². The van der Waals surface area contributed by atoms with Crippen molar-refractivity contribution in [2.75, 3.05) is 12.5 Å². The summed E-state index contributed by atoms with van der Waals surface area (Å²) in [6.45, 7) is 2.94. The van der Waals surface area contributed by atoms with Gasteiger partial charge in [-0.25, -0.2) is 0 Å². The Labute approximate surface area is 117 Å². The van der Waals surface area contributed by atoms with E-state index in [0.717, 1.165) is 6.42 Å². The van der Waals surface area contributed by atoms with Crippen LogP contribution in [0, 0.1) is 0 Å². The molecule has 18 heavy (non-hydrogen) atoms. The van der Waals surface area contributed by atoms with Gasteiger partial charge in [0, 0.05) is 0 Å². The van der Waals surface area contributed by atoms with Crippen LogP contribution in [0.5, 0.6) is 0 Å². The van der Waals surface area contributed by atoms with Gasteiger partial charge in [0.15, 0.2) is 6.29 Å². The molecule has 0 bridgehead atoms. The first-order chi connectivity index (χ1) is 8.86. The number of rotatable bonds is 11. The number of hydrogen-bond acceptors (Lipinski definition) is 2. The first-order valence-corrected chi connectivity index (χ1v) is 8.23. The van der Waals surface area contributed by atoms with Gasteiger partial charge in [0.05, 0.1) is 18.6 Å². The van der Waals surface area contributed by atoms with E-state index in [4.69, 9.17) is 21.1 Å². The van der Waals surface area contributed by atoms with Crippen LogP contribution in [0.1, 0.15) is 71.1 Å². The van der Waals surface area contributed by atoms with Crippen LogP contribution in [0.15, 0.2) is 0 Å². The summed E-state index contributed by atoms with van der Waals surface area (Å²) in [4.78, 5) is 0. The van der Waals surface area contributed by atoms with Crippen LogP contribution < -0.4 is 0 Å². The average Bonchev–Trinajstić information content (AvgIpc) is 2.85. The van der Waals surface area contributed by atoms with Gasteiger partial charge in [0.2, 0.25) is 0 Å². The molecule has 1 fully saturated rings. The molecule has 108 valence electrons. The monoisotopic (exact) mass is 276 g/mol. The Balaban J connectivity index is 1.79. The molecule has 1 saturated heterocycles. The second-order valence-corrected chi connectivity index (χ2v) is 5.60. The van der Waals surface area contributed by atoms with Gasteiger partial charge >= 0.3 is 0 Å². The van der Waals surface area contributed by atoms with E-state index >= 15 is 0 Å². The second kappa shape index (κ2) is 11.1. The summed E-state index contributed by atoms with van der Waals surface area (Å²) in [5.41, 5.74) is 0. The zero-order valence-corrected chi connectivity index (χ0v) is 12.6. The lowest BCUT2D eigenvalue weighted by molar-refractivity contribution is -0.0599. The van der Waals surface area contributed by atoms with Gasteiger partial charge in [0.25, 0.3) is 0 Å². The van der Waals surface area contributed by atoms with Crippen molar-refractivity contribution in [2.45, 2.75) is 83.5 Å². The van der Waals surface area contributed by atoms with Crippen molar-refractivity contribution >= 4 is 11.6 Å². The van der Waals surface area contributed by atoms with Crippen molar-refractivity contribution in [3.05, 3.63) is 0 Å². The molecular formula is C15H29ClO2. The fraction of sp³-hybridized carbons (Fsp3) is 1.00. The summed E-state index contributed by atoms with van der Waals surface area (Å²) in [5, 5.41) is 0. The van der Waals surface area contributed by atoms with Gasteiger partial charge in [-0.05, 0) is 12.8 Å². The molecule has 0 amide bonds. The SMILES string of the molecule is CCCCCCCCCCC[C@H]1OC[C@@H](CCl)O1. The van der Waals surface area contributed by atoms with Crippen molar-refractivity contribution in [3.8, 4) is 0 Å². The summed E-state index contributed by atoms with van der Waals surface area (Å²) in [6, 6.07) is 0. The number of alkyl halides is 1. The third-order valence-electron chi connectivity index (χ3n) is 3.53. The van der Waals surface area contributed by atoms with Crippen LogP contribution in [0.4, 0.5) is 0 Å². The first-order valence-electron chi connectivity index (χ1n) is 7.69. The molecule has 3 heteroatoms. The fourth-order valence-electron chi connectivity index (χ4n) is 2.36. The third-order valence-corrected chi connectivity index (χ3v) is 3.87. The molecule has 1 aliphatic heterocycles. The Bertz CT molecular complexity index is 187. The van der Waals surface area contributed by atoms with Crippen molar-refractivity contribution in [2.24, 2.45) is 0 Å². The summed E-state index contributed by atoms with van der Waals surface area (Å²) in [5.74, 6) is 0.550. The van der Waals surface area contributed by atoms with E-state index in [9.17, 15) is 0 Å². The van der Waals surface area contributed by atoms with Crippen LogP contribution >= 0.6 is 11.6 Å². The Morgan fingerprint density at radius 1 is 0.944 bits per heavy atom. The lowest BCUT2D eigenvalue weighted by Gasteiger charge is -2.09. The molecule has 0 radical (unpaired) electrons. The summed E-state index contributed by atoms with van der Waals surface area (Å²) < 4.78 is 11.2. The van der Waals surface area contributed by atoms with E-state index in [1.807, 2.05) is 0 Å². The Kier molecular flexibility index (Phi) is 10.0. The smallest absolute Gasteiger partial charge is 0.158 e. The van der Waals surface area contributed by atoms with Crippen molar-refractivity contribution in [3.63, 3.8) is 0 Å². The molecule has 0 aliphatic carbocycles. The molecule has 2 atom stereocenters. The maximum Gasteiger partial charge on any atom is 0.158 e. The highest BCUT2D eigenvalue weighted by Crippen LogP contribution is 2.19. The van der Waals surface area contributed by atoms with Crippen LogP contribution in [-0.4, -0.2) is 24.9 Å². The summed E-state index contributed by atoms with van der Waals surface area (Å²) >= 11 is 5.72. The van der Waals surface area contributed by atoms with E-state index in [1.165, 1.54) is 57.8 Å². The maximum absolute atomic E-state index is 5.72. The predicted octanol–water partition coefficient (Wildman–Crippen LogP) is 4.89. The lowest BCUT2D eigenvalue weighted by atomic mass is 10.1. The number of ether oxygens (including phenoxy) is 2. The highest BCUT2D eigenvalue weighted by Gasteiger charge is 2.24. The number of unbranched alkanes of at least 4 members (excludes halogenated alkanes) is 8. The Hall–Kier alpha value is 0.210. The Morgan fingerprint density at radius 2 is 1.56 bits per heavy atom. The standard InChI is InChI=1S/C15H29ClO2/c1-2-3-4-5-6-7-8-9-10-11-15-17-13-14(12-16)18-15/h14-15H,2-13H2,1H3/t14-,15+/m1/s1. The van der Waals surface area contributed by atoms with Gasteiger partial charge in [-0.2, -0.15) is 0 Å². The van der Waals surface area contributed by atoms with Crippen molar-refractivity contribution < 1.29 is 9.47 Å². The second-order valence-electron chi connectivity index (χ2n) is 5.29. The highest BCUT2D eigenvalue weighted by molar-refractivity contribution is 6.18. The fourth-order valence-corrected chi connectivity index (χ4v) is 2.52. The largest absolute Gasteiger partial charge is 0.350 e. The van der Waals surface area contributed by atoms with Gasteiger partial charge in [-0.1, -0.05) is 58.3 Å². The predicted molar refractivity (Wildman–Crippen MR) is 77.2 cm³/mol. The van der Waals surface area contributed by atoms with E-state index in [-0.39, 0.29) is 12.4 Å². The molecule has 0 unspecified atom stereocenters. The molecule has 0 aromatic heterocycles. The van der Waals surface area contributed by atoms with Crippen molar-refractivity contribution in [1.82, 2.24) is 0 Å². The zero-order valence-electron chi connectivity index (χ0n) is 11.8. The van der Waals surface area contributed by atoms with Crippen LogP contribution in [0.2, 0.25) is 0 Å². The number of halogens is 1. The molecule has 1 aliphatic rings. The minimum Gasteiger partial charge on any atom is -0.350 e.